The van der Waals surface area contributed by atoms with Crippen molar-refractivity contribution < 1.29 is 9.90 Å². The molecule has 0 aromatic heterocycles. The van der Waals surface area contributed by atoms with Gasteiger partial charge in [-0.2, -0.15) is 5.26 Å². The molecule has 1 aromatic rings. The molecule has 1 heterocycles. The number of anilines is 1. The number of nitriles is 1. The Morgan fingerprint density at radius 1 is 1.59 bits per heavy atom. The summed E-state index contributed by atoms with van der Waals surface area (Å²) in [5.41, 5.74) is 1.65. The number of aliphatic hydroxyl groups excluding tert-OH is 1. The zero-order valence-electron chi connectivity index (χ0n) is 12.6. The Morgan fingerprint density at radius 3 is 2.95 bits per heavy atom. The van der Waals surface area contributed by atoms with Crippen LogP contribution in [0.3, 0.4) is 0 Å². The summed E-state index contributed by atoms with van der Waals surface area (Å²) in [6.45, 7) is 3.74. The fourth-order valence-corrected chi connectivity index (χ4v) is 2.71. The van der Waals surface area contributed by atoms with Crippen molar-refractivity contribution in [2.45, 2.75) is 25.9 Å². The van der Waals surface area contributed by atoms with Gasteiger partial charge in [0.15, 0.2) is 0 Å². The molecular weight excluding hydrogens is 302 g/mol. The van der Waals surface area contributed by atoms with Crippen molar-refractivity contribution in [2.24, 2.45) is 0 Å². The van der Waals surface area contributed by atoms with Crippen LogP contribution in [0.25, 0.3) is 0 Å². The number of hydrogen-bond donors (Lipinski definition) is 1. The molecule has 0 aliphatic carbocycles. The molecule has 0 bridgehead atoms. The highest BCUT2D eigenvalue weighted by Crippen LogP contribution is 2.23. The van der Waals surface area contributed by atoms with Crippen molar-refractivity contribution >= 4 is 23.2 Å². The van der Waals surface area contributed by atoms with E-state index in [-0.39, 0.29) is 25.0 Å². The lowest BCUT2D eigenvalue weighted by molar-refractivity contribution is -0.119. The maximum atomic E-state index is 12.6. The molecule has 6 heteroatoms. The van der Waals surface area contributed by atoms with Gasteiger partial charge in [-0.15, -0.1) is 0 Å². The van der Waals surface area contributed by atoms with Gasteiger partial charge in [0.05, 0.1) is 25.1 Å². The van der Waals surface area contributed by atoms with Crippen molar-refractivity contribution in [1.29, 1.82) is 5.26 Å². The molecule has 1 atom stereocenters. The van der Waals surface area contributed by atoms with Crippen LogP contribution >= 0.6 is 11.6 Å². The highest BCUT2D eigenvalue weighted by Gasteiger charge is 2.25. The Hall–Kier alpha value is -1.61. The fourth-order valence-electron chi connectivity index (χ4n) is 2.59. The number of aliphatic hydroxyl groups is 1. The second-order valence-corrected chi connectivity index (χ2v) is 5.97. The van der Waals surface area contributed by atoms with E-state index in [0.29, 0.717) is 24.5 Å². The van der Waals surface area contributed by atoms with Crippen LogP contribution in [-0.4, -0.2) is 48.2 Å². The van der Waals surface area contributed by atoms with Crippen LogP contribution in [0, 0.1) is 18.3 Å². The van der Waals surface area contributed by atoms with Crippen LogP contribution in [0.15, 0.2) is 18.2 Å². The third-order valence-electron chi connectivity index (χ3n) is 3.81. The summed E-state index contributed by atoms with van der Waals surface area (Å²) in [5.74, 6) is -0.0638. The van der Waals surface area contributed by atoms with Crippen LogP contribution in [0.2, 0.25) is 5.02 Å². The number of nitrogens with zero attached hydrogens (tertiary/aromatic N) is 3. The van der Waals surface area contributed by atoms with Gasteiger partial charge >= 0.3 is 0 Å². The van der Waals surface area contributed by atoms with Crippen LogP contribution in [0.4, 0.5) is 5.69 Å². The van der Waals surface area contributed by atoms with E-state index in [1.807, 2.05) is 17.9 Å². The normalized spacial score (nSPS) is 18.2. The fraction of sp³-hybridized carbons (Fsp3) is 0.500. The smallest absolute Gasteiger partial charge is 0.241 e. The second kappa shape index (κ2) is 7.59. The third-order valence-corrected chi connectivity index (χ3v) is 4.23. The van der Waals surface area contributed by atoms with Crippen LogP contribution in [-0.2, 0) is 4.79 Å². The molecule has 118 valence electrons. The van der Waals surface area contributed by atoms with Gasteiger partial charge in [-0.05, 0) is 37.1 Å². The van der Waals surface area contributed by atoms with Crippen molar-refractivity contribution in [2.75, 3.05) is 31.1 Å². The Morgan fingerprint density at radius 2 is 2.36 bits per heavy atom. The number of aryl methyl sites for hydroxylation is 1. The lowest BCUT2D eigenvalue weighted by Crippen LogP contribution is -2.40. The number of amides is 1. The van der Waals surface area contributed by atoms with Gasteiger partial charge in [0.1, 0.15) is 0 Å². The van der Waals surface area contributed by atoms with E-state index >= 15 is 0 Å². The highest BCUT2D eigenvalue weighted by atomic mass is 35.5. The van der Waals surface area contributed by atoms with Gasteiger partial charge in [-0.1, -0.05) is 11.6 Å². The van der Waals surface area contributed by atoms with Gasteiger partial charge in [-0.25, -0.2) is 0 Å². The van der Waals surface area contributed by atoms with Gasteiger partial charge in [-0.3, -0.25) is 9.69 Å². The number of likely N-dealkylation sites (tertiary alicyclic amines) is 1. The standard InChI is InChI=1S/C16H20ClN3O2/c1-12-9-13(3-4-15(12)17)20(7-2-6-18)16(22)11-19-8-5-14(21)10-19/h3-4,9,14,21H,2,5,7-8,10-11H2,1H3/t14-/m0/s1. The van der Waals surface area contributed by atoms with Gasteiger partial charge in [0.2, 0.25) is 5.91 Å². The van der Waals surface area contributed by atoms with E-state index in [4.69, 9.17) is 16.9 Å². The van der Waals surface area contributed by atoms with Crippen LogP contribution < -0.4 is 4.90 Å². The zero-order chi connectivity index (χ0) is 16.1. The summed E-state index contributed by atoms with van der Waals surface area (Å²) in [5, 5.41) is 19.0. The van der Waals surface area contributed by atoms with Crippen molar-refractivity contribution in [3.05, 3.63) is 28.8 Å². The van der Waals surface area contributed by atoms with Crippen molar-refractivity contribution in [3.8, 4) is 6.07 Å². The number of hydrogen-bond acceptors (Lipinski definition) is 4. The highest BCUT2D eigenvalue weighted by molar-refractivity contribution is 6.31. The Balaban J connectivity index is 2.12. The Labute approximate surface area is 135 Å². The van der Waals surface area contributed by atoms with Gasteiger partial charge < -0.3 is 10.0 Å². The molecule has 1 aliphatic rings. The summed E-state index contributed by atoms with van der Waals surface area (Å²) >= 11 is 6.03. The minimum Gasteiger partial charge on any atom is -0.392 e. The second-order valence-electron chi connectivity index (χ2n) is 5.56. The molecule has 0 saturated carbocycles. The number of halogens is 1. The molecular formula is C16H20ClN3O2. The van der Waals surface area contributed by atoms with Crippen LogP contribution in [0.5, 0.6) is 0 Å². The van der Waals surface area contributed by atoms with E-state index in [1.165, 1.54) is 0 Å². The molecule has 0 unspecified atom stereocenters. The first kappa shape index (κ1) is 16.8. The third kappa shape index (κ3) is 4.20. The number of carbonyl (C=O) groups is 1. The zero-order valence-corrected chi connectivity index (χ0v) is 13.4. The van der Waals surface area contributed by atoms with E-state index in [1.54, 1.807) is 17.0 Å². The molecule has 1 N–H and O–H groups in total. The topological polar surface area (TPSA) is 67.6 Å². The predicted octanol–water partition coefficient (Wildman–Crippen LogP) is 1.96. The Kier molecular flexibility index (Phi) is 5.78. The predicted molar refractivity (Wildman–Crippen MR) is 85.8 cm³/mol. The minimum atomic E-state index is -0.349. The number of β-amino-alcohol motifs (C(OH)–C–C–N with tert-alkyl or cyclic N) is 1. The average molecular weight is 322 g/mol. The van der Waals surface area contributed by atoms with Gasteiger partial charge in [0.25, 0.3) is 0 Å². The van der Waals surface area contributed by atoms with Crippen LogP contribution in [0.1, 0.15) is 18.4 Å². The lowest BCUT2D eigenvalue weighted by Gasteiger charge is -2.25. The molecule has 0 radical (unpaired) electrons. The van der Waals surface area contributed by atoms with Gasteiger partial charge in [0, 0.05) is 30.3 Å². The van der Waals surface area contributed by atoms with E-state index < -0.39 is 0 Å². The average Bonchev–Trinajstić information content (AvgIpc) is 2.88. The van der Waals surface area contributed by atoms with Crippen molar-refractivity contribution in [3.63, 3.8) is 0 Å². The summed E-state index contributed by atoms with van der Waals surface area (Å²) < 4.78 is 0. The number of benzene rings is 1. The maximum Gasteiger partial charge on any atom is 0.241 e. The van der Waals surface area contributed by atoms with E-state index in [0.717, 1.165) is 17.8 Å². The summed E-state index contributed by atoms with van der Waals surface area (Å²) in [7, 11) is 0. The quantitative estimate of drug-likeness (QED) is 0.900. The first-order valence-corrected chi connectivity index (χ1v) is 7.73. The first-order chi connectivity index (χ1) is 10.5. The monoisotopic (exact) mass is 321 g/mol. The van der Waals surface area contributed by atoms with E-state index in [9.17, 15) is 9.90 Å². The minimum absolute atomic E-state index is 0.0638. The SMILES string of the molecule is Cc1cc(N(CCC#N)C(=O)CN2CC[C@H](O)C2)ccc1Cl. The lowest BCUT2D eigenvalue weighted by atomic mass is 10.2. The summed E-state index contributed by atoms with van der Waals surface area (Å²) in [6.07, 6.45) is 0.625. The molecule has 1 amide bonds. The molecule has 0 spiro atoms. The molecule has 5 nitrogen and oxygen atoms in total. The van der Waals surface area contributed by atoms with E-state index in [2.05, 4.69) is 6.07 Å². The summed E-state index contributed by atoms with van der Waals surface area (Å²) in [6, 6.07) is 7.49. The first-order valence-electron chi connectivity index (χ1n) is 7.35. The molecule has 1 aromatic carbocycles. The summed E-state index contributed by atoms with van der Waals surface area (Å²) in [4.78, 5) is 16.1. The molecule has 1 saturated heterocycles. The maximum absolute atomic E-state index is 12.6. The molecule has 1 aliphatic heterocycles. The largest absolute Gasteiger partial charge is 0.392 e. The molecule has 1 fully saturated rings. The molecule has 2 rings (SSSR count). The number of carbonyl (C=O) groups excluding carboxylic acids is 1. The van der Waals surface area contributed by atoms with Crippen molar-refractivity contribution in [1.82, 2.24) is 4.90 Å². The Bertz CT molecular complexity index is 585. The number of rotatable bonds is 5. The molecule has 22 heavy (non-hydrogen) atoms.